The van der Waals surface area contributed by atoms with E-state index >= 15 is 0 Å². The number of halogens is 2. The Labute approximate surface area is 136 Å². The average molecular weight is 343 g/mol. The highest BCUT2D eigenvalue weighted by Gasteiger charge is 2.25. The monoisotopic (exact) mass is 342 g/mol. The average Bonchev–Trinajstić information content (AvgIpc) is 2.95. The third-order valence-corrected chi connectivity index (χ3v) is 3.86. The molecule has 22 heavy (non-hydrogen) atoms. The number of furan rings is 1. The number of nitro groups is 1. The number of nitrogens with zero attached hydrogens (tertiary/aromatic N) is 2. The van der Waals surface area contributed by atoms with Crippen molar-refractivity contribution in [1.29, 1.82) is 0 Å². The second-order valence-corrected chi connectivity index (χ2v) is 5.50. The maximum atomic E-state index is 12.3. The van der Waals surface area contributed by atoms with Crippen molar-refractivity contribution >= 4 is 35.0 Å². The first-order valence-electron chi connectivity index (χ1n) is 6.27. The number of carbonyl (C=O) groups excluding carboxylic acids is 1. The number of rotatable bonds is 4. The molecule has 116 valence electrons. The van der Waals surface area contributed by atoms with E-state index in [1.807, 2.05) is 0 Å². The van der Waals surface area contributed by atoms with Crippen molar-refractivity contribution in [2.24, 2.45) is 0 Å². The van der Waals surface area contributed by atoms with Crippen molar-refractivity contribution in [2.45, 2.75) is 13.0 Å². The Morgan fingerprint density at radius 1 is 1.32 bits per heavy atom. The molecule has 0 aliphatic carbocycles. The summed E-state index contributed by atoms with van der Waals surface area (Å²) < 4.78 is 4.92. The van der Waals surface area contributed by atoms with Crippen LogP contribution in [0.3, 0.4) is 0 Å². The third-order valence-electron chi connectivity index (χ3n) is 3.30. The Morgan fingerprint density at radius 2 is 2.00 bits per heavy atom. The van der Waals surface area contributed by atoms with Crippen molar-refractivity contribution in [3.63, 3.8) is 0 Å². The number of benzene rings is 1. The molecule has 6 nitrogen and oxygen atoms in total. The SMILES string of the molecule is CC(c1ccc(Cl)cc1Cl)N(C)C(=O)c1ccc([N+](=O)[O-])o1. The van der Waals surface area contributed by atoms with Gasteiger partial charge in [0.1, 0.15) is 4.92 Å². The molecule has 0 saturated heterocycles. The number of hydrogen-bond donors (Lipinski definition) is 0. The van der Waals surface area contributed by atoms with Gasteiger partial charge >= 0.3 is 5.88 Å². The van der Waals surface area contributed by atoms with E-state index in [0.29, 0.717) is 15.6 Å². The Balaban J connectivity index is 2.23. The summed E-state index contributed by atoms with van der Waals surface area (Å²) in [6.45, 7) is 1.78. The van der Waals surface area contributed by atoms with Crippen LogP contribution in [0.4, 0.5) is 5.88 Å². The molecule has 0 fully saturated rings. The van der Waals surface area contributed by atoms with Crippen molar-refractivity contribution in [3.05, 3.63) is 61.8 Å². The Morgan fingerprint density at radius 3 is 2.55 bits per heavy atom. The zero-order valence-corrected chi connectivity index (χ0v) is 13.3. The van der Waals surface area contributed by atoms with Crippen molar-refractivity contribution in [3.8, 4) is 0 Å². The van der Waals surface area contributed by atoms with Crippen LogP contribution >= 0.6 is 23.2 Å². The molecular weight excluding hydrogens is 331 g/mol. The van der Waals surface area contributed by atoms with Crippen LogP contribution in [0.1, 0.15) is 29.1 Å². The summed E-state index contributed by atoms with van der Waals surface area (Å²) in [4.78, 5) is 23.6. The van der Waals surface area contributed by atoms with Crippen molar-refractivity contribution in [1.82, 2.24) is 4.90 Å². The predicted molar refractivity (Wildman–Crippen MR) is 82.3 cm³/mol. The molecule has 0 spiro atoms. The molecule has 0 radical (unpaired) electrons. The van der Waals surface area contributed by atoms with Gasteiger partial charge in [-0.25, -0.2) is 0 Å². The molecule has 1 atom stereocenters. The lowest BCUT2D eigenvalue weighted by Gasteiger charge is -2.25. The molecule has 1 unspecified atom stereocenters. The van der Waals surface area contributed by atoms with Crippen LogP contribution in [0.5, 0.6) is 0 Å². The van der Waals surface area contributed by atoms with E-state index in [4.69, 9.17) is 27.6 Å². The summed E-state index contributed by atoms with van der Waals surface area (Å²) in [6.07, 6.45) is 0. The minimum Gasteiger partial charge on any atom is -0.395 e. The Bertz CT molecular complexity index is 729. The maximum Gasteiger partial charge on any atom is 0.433 e. The molecule has 1 aromatic heterocycles. The molecule has 0 aliphatic rings. The minimum atomic E-state index is -0.698. The topological polar surface area (TPSA) is 76.6 Å². The van der Waals surface area contributed by atoms with E-state index in [1.165, 1.54) is 11.0 Å². The second kappa shape index (κ2) is 6.37. The molecule has 1 heterocycles. The van der Waals surface area contributed by atoms with Crippen LogP contribution in [0.25, 0.3) is 0 Å². The summed E-state index contributed by atoms with van der Waals surface area (Å²) >= 11 is 12.0. The van der Waals surface area contributed by atoms with Gasteiger partial charge in [-0.15, -0.1) is 0 Å². The molecule has 2 rings (SSSR count). The van der Waals surface area contributed by atoms with Gasteiger partial charge in [0.2, 0.25) is 0 Å². The molecule has 0 aliphatic heterocycles. The maximum absolute atomic E-state index is 12.3. The highest BCUT2D eigenvalue weighted by molar-refractivity contribution is 6.35. The standard InChI is InChI=1S/C14H12Cl2N2O4/c1-8(10-4-3-9(15)7-11(10)16)17(2)14(19)12-5-6-13(22-12)18(20)21/h3-8H,1-2H3. The quantitative estimate of drug-likeness (QED) is 0.612. The third kappa shape index (κ3) is 3.23. The smallest absolute Gasteiger partial charge is 0.395 e. The molecule has 2 aromatic rings. The second-order valence-electron chi connectivity index (χ2n) is 4.65. The van der Waals surface area contributed by atoms with Crippen LogP contribution in [-0.4, -0.2) is 22.8 Å². The molecule has 0 bridgehead atoms. The summed E-state index contributed by atoms with van der Waals surface area (Å²) in [5.41, 5.74) is 0.711. The van der Waals surface area contributed by atoms with Crippen molar-refractivity contribution in [2.75, 3.05) is 7.05 Å². The van der Waals surface area contributed by atoms with Gasteiger partial charge in [0.15, 0.2) is 5.76 Å². The van der Waals surface area contributed by atoms with E-state index in [9.17, 15) is 14.9 Å². The van der Waals surface area contributed by atoms with Gasteiger partial charge in [0.05, 0.1) is 12.1 Å². The first-order valence-corrected chi connectivity index (χ1v) is 7.03. The first kappa shape index (κ1) is 16.3. The summed E-state index contributed by atoms with van der Waals surface area (Å²) in [5, 5.41) is 11.5. The molecule has 8 heteroatoms. The minimum absolute atomic E-state index is 0.105. The van der Waals surface area contributed by atoms with Gasteiger partial charge < -0.3 is 9.32 Å². The lowest BCUT2D eigenvalue weighted by Crippen LogP contribution is -2.29. The van der Waals surface area contributed by atoms with E-state index in [2.05, 4.69) is 0 Å². The fraction of sp³-hybridized carbons (Fsp3) is 0.214. The van der Waals surface area contributed by atoms with E-state index in [-0.39, 0.29) is 11.8 Å². The lowest BCUT2D eigenvalue weighted by atomic mass is 10.1. The van der Waals surface area contributed by atoms with Crippen molar-refractivity contribution < 1.29 is 14.1 Å². The van der Waals surface area contributed by atoms with Gasteiger partial charge in [0.25, 0.3) is 5.91 Å². The van der Waals surface area contributed by atoms with E-state index in [0.717, 1.165) is 6.07 Å². The summed E-state index contributed by atoms with van der Waals surface area (Å²) in [6, 6.07) is 7.04. The van der Waals surface area contributed by atoms with Crippen LogP contribution in [0.15, 0.2) is 34.7 Å². The van der Waals surface area contributed by atoms with Gasteiger partial charge in [-0.3, -0.25) is 14.9 Å². The summed E-state index contributed by atoms with van der Waals surface area (Å²) in [5.74, 6) is -1.06. The normalized spacial score (nSPS) is 12.0. The molecular formula is C14H12Cl2N2O4. The number of carbonyl (C=O) groups is 1. The largest absolute Gasteiger partial charge is 0.433 e. The van der Waals surface area contributed by atoms with Gasteiger partial charge in [-0.1, -0.05) is 29.3 Å². The Hall–Kier alpha value is -2.05. The van der Waals surface area contributed by atoms with Gasteiger partial charge in [0, 0.05) is 17.1 Å². The molecule has 0 saturated carbocycles. The molecule has 0 N–H and O–H groups in total. The number of amides is 1. The van der Waals surface area contributed by atoms with Crippen LogP contribution in [0, 0.1) is 10.1 Å². The first-order chi connectivity index (χ1) is 10.3. The zero-order chi connectivity index (χ0) is 16.4. The summed E-state index contributed by atoms with van der Waals surface area (Å²) in [7, 11) is 1.56. The van der Waals surface area contributed by atoms with Crippen LogP contribution in [0.2, 0.25) is 10.0 Å². The fourth-order valence-electron chi connectivity index (χ4n) is 1.94. The number of hydrogen-bond acceptors (Lipinski definition) is 4. The lowest BCUT2D eigenvalue weighted by molar-refractivity contribution is -0.402. The fourth-order valence-corrected chi connectivity index (χ4v) is 2.51. The predicted octanol–water partition coefficient (Wildman–Crippen LogP) is 4.33. The zero-order valence-electron chi connectivity index (χ0n) is 11.7. The van der Waals surface area contributed by atoms with Gasteiger partial charge in [-0.2, -0.15) is 0 Å². The van der Waals surface area contributed by atoms with Crippen LogP contribution < -0.4 is 0 Å². The molecule has 1 aromatic carbocycles. The highest BCUT2D eigenvalue weighted by Crippen LogP contribution is 2.30. The van der Waals surface area contributed by atoms with E-state index < -0.39 is 16.7 Å². The van der Waals surface area contributed by atoms with Crippen LogP contribution in [-0.2, 0) is 0 Å². The van der Waals surface area contributed by atoms with E-state index in [1.54, 1.807) is 32.2 Å². The highest BCUT2D eigenvalue weighted by atomic mass is 35.5. The molecule has 1 amide bonds. The Kier molecular flexibility index (Phi) is 4.73. The van der Waals surface area contributed by atoms with Gasteiger partial charge in [-0.05, 0) is 30.7 Å².